The van der Waals surface area contributed by atoms with Gasteiger partial charge in [0, 0.05) is 6.54 Å². The number of hydrogen-bond acceptors (Lipinski definition) is 3. The smallest absolute Gasteiger partial charge is 0.335 e. The number of phenolic OH excluding ortho intramolecular Hbond substituents is 1. The third kappa shape index (κ3) is 4.87. The average molecular weight is 266 g/mol. The Morgan fingerprint density at radius 2 is 1.89 bits per heavy atom. The van der Waals surface area contributed by atoms with E-state index in [1.54, 1.807) is 0 Å². The lowest BCUT2D eigenvalue weighted by Gasteiger charge is -2.19. The van der Waals surface area contributed by atoms with Crippen molar-refractivity contribution in [1.29, 1.82) is 0 Å². The average Bonchev–Trinajstić information content (AvgIpc) is 2.28. The number of nitrogens with one attached hydrogen (secondary N) is 2. The number of carbonyl (C=O) groups excluding carboxylic acids is 1. The molecule has 0 spiro atoms. The van der Waals surface area contributed by atoms with Crippen LogP contribution in [-0.4, -0.2) is 28.8 Å². The van der Waals surface area contributed by atoms with E-state index in [9.17, 15) is 14.7 Å². The van der Waals surface area contributed by atoms with Crippen molar-refractivity contribution >= 4 is 17.7 Å². The second kappa shape index (κ2) is 5.60. The zero-order valence-corrected chi connectivity index (χ0v) is 11.2. The number of amides is 2. The second-order valence-corrected chi connectivity index (χ2v) is 5.41. The fourth-order valence-corrected chi connectivity index (χ4v) is 1.28. The zero-order valence-electron chi connectivity index (χ0n) is 11.2. The van der Waals surface area contributed by atoms with E-state index in [0.717, 1.165) is 6.07 Å². The molecule has 6 nitrogen and oxygen atoms in total. The van der Waals surface area contributed by atoms with Crippen molar-refractivity contribution in [2.75, 3.05) is 11.9 Å². The third-order valence-electron chi connectivity index (χ3n) is 2.27. The number of aromatic carboxylic acids is 1. The van der Waals surface area contributed by atoms with Crippen LogP contribution >= 0.6 is 0 Å². The number of benzene rings is 1. The lowest BCUT2D eigenvalue weighted by atomic mass is 9.97. The van der Waals surface area contributed by atoms with Crippen molar-refractivity contribution in [2.24, 2.45) is 5.41 Å². The molecule has 1 rings (SSSR count). The highest BCUT2D eigenvalue weighted by molar-refractivity contribution is 5.93. The van der Waals surface area contributed by atoms with E-state index in [0.29, 0.717) is 6.54 Å². The Morgan fingerprint density at radius 3 is 2.37 bits per heavy atom. The molecular weight excluding hydrogens is 248 g/mol. The van der Waals surface area contributed by atoms with Crippen LogP contribution in [0.15, 0.2) is 18.2 Å². The molecule has 0 radical (unpaired) electrons. The maximum Gasteiger partial charge on any atom is 0.335 e. The quantitative estimate of drug-likeness (QED) is 0.630. The first-order valence-corrected chi connectivity index (χ1v) is 5.80. The molecule has 0 heterocycles. The van der Waals surface area contributed by atoms with E-state index in [4.69, 9.17) is 5.11 Å². The maximum absolute atomic E-state index is 11.6. The van der Waals surface area contributed by atoms with E-state index >= 15 is 0 Å². The number of aromatic hydroxyl groups is 1. The van der Waals surface area contributed by atoms with Gasteiger partial charge >= 0.3 is 12.0 Å². The maximum atomic E-state index is 11.6. The Morgan fingerprint density at radius 1 is 1.26 bits per heavy atom. The van der Waals surface area contributed by atoms with Crippen LogP contribution in [0.3, 0.4) is 0 Å². The molecule has 2 amide bonds. The predicted octanol–water partition coefficient (Wildman–Crippen LogP) is 2.26. The molecular formula is C13H18N2O4. The summed E-state index contributed by atoms with van der Waals surface area (Å²) in [4.78, 5) is 22.3. The van der Waals surface area contributed by atoms with Gasteiger partial charge in [0.1, 0.15) is 5.75 Å². The first-order chi connectivity index (χ1) is 8.69. The minimum absolute atomic E-state index is 0.0434. The molecule has 19 heavy (non-hydrogen) atoms. The van der Waals surface area contributed by atoms with Crippen LogP contribution in [0.25, 0.3) is 0 Å². The Bertz CT molecular complexity index is 492. The van der Waals surface area contributed by atoms with Crippen LogP contribution in [0.1, 0.15) is 31.1 Å². The summed E-state index contributed by atoms with van der Waals surface area (Å²) >= 11 is 0. The van der Waals surface area contributed by atoms with Gasteiger partial charge in [-0.25, -0.2) is 9.59 Å². The summed E-state index contributed by atoms with van der Waals surface area (Å²) in [7, 11) is 0. The van der Waals surface area contributed by atoms with Gasteiger partial charge in [0.2, 0.25) is 0 Å². The van der Waals surface area contributed by atoms with E-state index < -0.39 is 12.0 Å². The first kappa shape index (κ1) is 14.8. The molecule has 4 N–H and O–H groups in total. The van der Waals surface area contributed by atoms with Gasteiger partial charge in [0.15, 0.2) is 0 Å². The summed E-state index contributed by atoms with van der Waals surface area (Å²) < 4.78 is 0. The van der Waals surface area contributed by atoms with Crippen molar-refractivity contribution in [3.63, 3.8) is 0 Å². The van der Waals surface area contributed by atoms with Gasteiger partial charge in [-0.05, 0) is 23.6 Å². The highest BCUT2D eigenvalue weighted by Gasteiger charge is 2.13. The number of urea groups is 1. The molecule has 0 fully saturated rings. The number of carboxylic acids is 1. The van der Waals surface area contributed by atoms with Crippen molar-refractivity contribution in [1.82, 2.24) is 5.32 Å². The highest BCUT2D eigenvalue weighted by atomic mass is 16.4. The highest BCUT2D eigenvalue weighted by Crippen LogP contribution is 2.24. The van der Waals surface area contributed by atoms with Gasteiger partial charge in [0.05, 0.1) is 11.3 Å². The summed E-state index contributed by atoms with van der Waals surface area (Å²) in [5, 5.41) is 23.5. The molecule has 0 atom stereocenters. The number of carboxylic acid groups (broad SMARTS) is 1. The Labute approximate surface area is 111 Å². The molecule has 1 aromatic rings. The molecule has 6 heteroatoms. The molecule has 0 aromatic heterocycles. The van der Waals surface area contributed by atoms with Crippen molar-refractivity contribution in [3.05, 3.63) is 23.8 Å². The van der Waals surface area contributed by atoms with Gasteiger partial charge < -0.3 is 20.8 Å². The van der Waals surface area contributed by atoms with Crippen LogP contribution in [0, 0.1) is 5.41 Å². The van der Waals surface area contributed by atoms with Gasteiger partial charge in [-0.15, -0.1) is 0 Å². The standard InChI is InChI=1S/C13H18N2O4/c1-13(2,3)7-14-12(19)15-9-5-4-8(11(17)18)6-10(9)16/h4-6,16H,7H2,1-3H3,(H,17,18)(H2,14,15,19). The number of rotatable bonds is 3. The molecule has 0 unspecified atom stereocenters. The van der Waals surface area contributed by atoms with Gasteiger partial charge in [0.25, 0.3) is 0 Å². The van der Waals surface area contributed by atoms with E-state index in [1.165, 1.54) is 12.1 Å². The zero-order chi connectivity index (χ0) is 14.6. The first-order valence-electron chi connectivity index (χ1n) is 5.80. The van der Waals surface area contributed by atoms with Gasteiger partial charge in [-0.1, -0.05) is 20.8 Å². The summed E-state index contributed by atoms with van der Waals surface area (Å²) in [6.07, 6.45) is 0. The van der Waals surface area contributed by atoms with E-state index in [-0.39, 0.29) is 22.4 Å². The number of phenols is 1. The number of hydrogen-bond donors (Lipinski definition) is 4. The SMILES string of the molecule is CC(C)(C)CNC(=O)Nc1ccc(C(=O)O)cc1O. The van der Waals surface area contributed by atoms with Crippen LogP contribution in [0.5, 0.6) is 5.75 Å². The Kier molecular flexibility index (Phi) is 4.37. The fraction of sp³-hybridized carbons (Fsp3) is 0.385. The lowest BCUT2D eigenvalue weighted by molar-refractivity contribution is 0.0696. The molecule has 0 bridgehead atoms. The van der Waals surface area contributed by atoms with Crippen molar-refractivity contribution in [2.45, 2.75) is 20.8 Å². The summed E-state index contributed by atoms with van der Waals surface area (Å²) in [6, 6.07) is 3.28. The molecule has 0 saturated carbocycles. The number of anilines is 1. The minimum Gasteiger partial charge on any atom is -0.506 e. The predicted molar refractivity (Wildman–Crippen MR) is 71.5 cm³/mol. The fourth-order valence-electron chi connectivity index (χ4n) is 1.28. The largest absolute Gasteiger partial charge is 0.506 e. The molecule has 0 saturated heterocycles. The van der Waals surface area contributed by atoms with E-state index in [1.807, 2.05) is 20.8 Å². The molecule has 104 valence electrons. The summed E-state index contributed by atoms with van der Waals surface area (Å²) in [5.41, 5.74) is 0.0709. The summed E-state index contributed by atoms with van der Waals surface area (Å²) in [5.74, 6) is -1.43. The van der Waals surface area contributed by atoms with Gasteiger partial charge in [-0.2, -0.15) is 0 Å². The number of carbonyl (C=O) groups is 2. The van der Waals surface area contributed by atoms with E-state index in [2.05, 4.69) is 10.6 Å². The second-order valence-electron chi connectivity index (χ2n) is 5.41. The van der Waals surface area contributed by atoms with Crippen LogP contribution < -0.4 is 10.6 Å². The molecule has 0 aliphatic carbocycles. The normalized spacial score (nSPS) is 10.9. The molecule has 0 aliphatic heterocycles. The monoisotopic (exact) mass is 266 g/mol. The Hall–Kier alpha value is -2.24. The van der Waals surface area contributed by atoms with Gasteiger partial charge in [-0.3, -0.25) is 0 Å². The molecule has 0 aliphatic rings. The van der Waals surface area contributed by atoms with Crippen LogP contribution in [-0.2, 0) is 0 Å². The van der Waals surface area contributed by atoms with Crippen molar-refractivity contribution < 1.29 is 19.8 Å². The molecule has 1 aromatic carbocycles. The van der Waals surface area contributed by atoms with Crippen molar-refractivity contribution in [3.8, 4) is 5.75 Å². The third-order valence-corrected chi connectivity index (χ3v) is 2.27. The topological polar surface area (TPSA) is 98.7 Å². The van der Waals surface area contributed by atoms with Crippen LogP contribution in [0.4, 0.5) is 10.5 Å². The minimum atomic E-state index is -1.14. The Balaban J connectivity index is 2.67. The summed E-state index contributed by atoms with van der Waals surface area (Å²) in [6.45, 7) is 6.41. The lowest BCUT2D eigenvalue weighted by Crippen LogP contribution is -2.35. The van der Waals surface area contributed by atoms with Crippen LogP contribution in [0.2, 0.25) is 0 Å².